The maximum Gasteiger partial charge on any atom is 0.408 e. The molecule has 8 heteroatoms. The molecule has 2 saturated heterocycles. The van der Waals surface area contributed by atoms with Gasteiger partial charge in [-0.3, -0.25) is 9.69 Å². The molecular formula is C34H37N3O5. The number of aliphatic carboxylic acids is 1. The first-order valence-electron chi connectivity index (χ1n) is 14.8. The highest BCUT2D eigenvalue weighted by molar-refractivity contribution is 5.93. The van der Waals surface area contributed by atoms with Gasteiger partial charge >= 0.3 is 12.1 Å². The Morgan fingerprint density at radius 1 is 0.929 bits per heavy atom. The van der Waals surface area contributed by atoms with Gasteiger partial charge in [-0.05, 0) is 53.0 Å². The third-order valence-electron chi connectivity index (χ3n) is 9.06. The van der Waals surface area contributed by atoms with Crippen LogP contribution in [0.1, 0.15) is 48.8 Å². The van der Waals surface area contributed by atoms with Crippen LogP contribution in [0.3, 0.4) is 0 Å². The standard InChI is InChI=1S/C34H37N3O5/c1-23-15-16-30(31(38)39)37(19-23)32(40)34(17-18-36(22-34)20-24-9-3-2-4-10-24)35-33(41)42-21-29-27-13-7-5-11-25(27)26-12-6-8-14-28(26)29/h2-14,23,29-30H,15-22H2,1H3,(H,35,41)(H,38,39). The Balaban J connectivity index is 1.22. The molecular weight excluding hydrogens is 530 g/mol. The third-order valence-corrected chi connectivity index (χ3v) is 9.06. The first kappa shape index (κ1) is 28.0. The molecule has 0 aromatic heterocycles. The van der Waals surface area contributed by atoms with E-state index in [2.05, 4.69) is 34.5 Å². The quantitative estimate of drug-likeness (QED) is 0.422. The molecule has 42 heavy (non-hydrogen) atoms. The van der Waals surface area contributed by atoms with E-state index in [1.807, 2.05) is 61.5 Å². The summed E-state index contributed by atoms with van der Waals surface area (Å²) in [4.78, 5) is 43.5. The normalized spacial score (nSPS) is 23.7. The molecule has 3 aromatic rings. The number of likely N-dealkylation sites (tertiary alicyclic amines) is 2. The Bertz CT molecular complexity index is 1430. The van der Waals surface area contributed by atoms with Gasteiger partial charge in [-0.1, -0.05) is 85.8 Å². The molecule has 3 atom stereocenters. The molecule has 3 aliphatic rings. The van der Waals surface area contributed by atoms with Crippen LogP contribution in [-0.4, -0.2) is 70.7 Å². The van der Waals surface area contributed by atoms with Crippen molar-refractivity contribution in [2.75, 3.05) is 26.2 Å². The minimum absolute atomic E-state index is 0.104. The van der Waals surface area contributed by atoms with Crippen LogP contribution in [0.4, 0.5) is 4.79 Å². The smallest absolute Gasteiger partial charge is 0.408 e. The van der Waals surface area contributed by atoms with Crippen molar-refractivity contribution in [1.82, 2.24) is 15.1 Å². The van der Waals surface area contributed by atoms with Gasteiger partial charge in [0.15, 0.2) is 0 Å². The molecule has 2 amide bonds. The van der Waals surface area contributed by atoms with Crippen LogP contribution in [0.15, 0.2) is 78.9 Å². The highest BCUT2D eigenvalue weighted by atomic mass is 16.5. The van der Waals surface area contributed by atoms with Gasteiger partial charge in [0, 0.05) is 32.1 Å². The number of nitrogens with zero attached hydrogens (tertiary/aromatic N) is 2. The molecule has 0 spiro atoms. The lowest BCUT2D eigenvalue weighted by atomic mass is 9.89. The van der Waals surface area contributed by atoms with E-state index in [1.54, 1.807) is 0 Å². The van der Waals surface area contributed by atoms with E-state index in [4.69, 9.17) is 4.74 Å². The number of amides is 2. The molecule has 3 unspecified atom stereocenters. The predicted molar refractivity (Wildman–Crippen MR) is 159 cm³/mol. The Morgan fingerprint density at radius 3 is 2.24 bits per heavy atom. The zero-order valence-electron chi connectivity index (χ0n) is 23.9. The lowest BCUT2D eigenvalue weighted by Crippen LogP contribution is -2.65. The summed E-state index contributed by atoms with van der Waals surface area (Å²) in [5, 5.41) is 12.9. The third kappa shape index (κ3) is 5.39. The fourth-order valence-corrected chi connectivity index (χ4v) is 6.93. The Hall–Kier alpha value is -4.17. The number of carbonyl (C=O) groups is 3. The molecule has 2 heterocycles. The van der Waals surface area contributed by atoms with Crippen molar-refractivity contribution in [2.45, 2.75) is 50.2 Å². The molecule has 2 N–H and O–H groups in total. The lowest BCUT2D eigenvalue weighted by Gasteiger charge is -2.41. The average Bonchev–Trinajstić information content (AvgIpc) is 3.55. The van der Waals surface area contributed by atoms with E-state index in [1.165, 1.54) is 4.90 Å². The van der Waals surface area contributed by atoms with Gasteiger partial charge in [0.1, 0.15) is 18.2 Å². The maximum absolute atomic E-state index is 14.3. The number of rotatable bonds is 7. The summed E-state index contributed by atoms with van der Waals surface area (Å²) >= 11 is 0. The van der Waals surface area contributed by atoms with Crippen LogP contribution in [0.2, 0.25) is 0 Å². The molecule has 2 aliphatic heterocycles. The molecule has 0 saturated carbocycles. The lowest BCUT2D eigenvalue weighted by molar-refractivity contribution is -0.156. The number of hydrogen-bond donors (Lipinski definition) is 2. The molecule has 6 rings (SSSR count). The number of fused-ring (bicyclic) bond motifs is 3. The van der Waals surface area contributed by atoms with E-state index in [9.17, 15) is 19.5 Å². The van der Waals surface area contributed by atoms with Crippen molar-refractivity contribution >= 4 is 18.0 Å². The first-order valence-corrected chi connectivity index (χ1v) is 14.8. The summed E-state index contributed by atoms with van der Waals surface area (Å²) in [7, 11) is 0. The number of benzene rings is 3. The van der Waals surface area contributed by atoms with Crippen LogP contribution in [0, 0.1) is 5.92 Å². The molecule has 218 valence electrons. The second-order valence-electron chi connectivity index (χ2n) is 12.0. The predicted octanol–water partition coefficient (Wildman–Crippen LogP) is 4.88. The number of carboxylic acids is 1. The van der Waals surface area contributed by atoms with Crippen LogP contribution in [0.25, 0.3) is 11.1 Å². The van der Waals surface area contributed by atoms with Crippen LogP contribution < -0.4 is 5.32 Å². The zero-order valence-corrected chi connectivity index (χ0v) is 23.9. The van der Waals surface area contributed by atoms with Crippen molar-refractivity contribution in [3.8, 4) is 11.1 Å². The van der Waals surface area contributed by atoms with E-state index in [0.717, 1.165) is 34.2 Å². The molecule has 0 bridgehead atoms. The van der Waals surface area contributed by atoms with Crippen LogP contribution in [-0.2, 0) is 20.9 Å². The number of carboxylic acid groups (broad SMARTS) is 1. The largest absolute Gasteiger partial charge is 0.480 e. The summed E-state index contributed by atoms with van der Waals surface area (Å²) in [6.45, 7) is 4.01. The van der Waals surface area contributed by atoms with Gasteiger partial charge in [0.05, 0.1) is 0 Å². The summed E-state index contributed by atoms with van der Waals surface area (Å²) in [5.74, 6) is -1.28. The Kier molecular flexibility index (Phi) is 7.73. The number of hydrogen-bond acceptors (Lipinski definition) is 5. The SMILES string of the molecule is CC1CCC(C(=O)O)N(C(=O)C2(NC(=O)OCC3c4ccccc4-c4ccccc43)CCN(Cc3ccccc3)C2)C1. The minimum atomic E-state index is -1.28. The number of ether oxygens (including phenoxy) is 1. The van der Waals surface area contributed by atoms with Crippen molar-refractivity contribution in [1.29, 1.82) is 0 Å². The summed E-state index contributed by atoms with van der Waals surface area (Å²) in [6.07, 6.45) is 0.855. The number of nitrogens with one attached hydrogen (secondary N) is 1. The highest BCUT2D eigenvalue weighted by Gasteiger charge is 2.51. The number of piperidine rings is 1. The Labute approximate surface area is 246 Å². The molecule has 2 fully saturated rings. The maximum atomic E-state index is 14.3. The van der Waals surface area contributed by atoms with E-state index in [0.29, 0.717) is 32.5 Å². The Morgan fingerprint density at radius 2 is 1.57 bits per heavy atom. The molecule has 1 aliphatic carbocycles. The molecule has 3 aromatic carbocycles. The van der Waals surface area contributed by atoms with Crippen molar-refractivity contribution in [2.24, 2.45) is 5.92 Å². The molecule has 0 radical (unpaired) electrons. The number of alkyl carbamates (subject to hydrolysis) is 1. The average molecular weight is 568 g/mol. The van der Waals surface area contributed by atoms with E-state index >= 15 is 0 Å². The fraction of sp³-hybridized carbons (Fsp3) is 0.382. The van der Waals surface area contributed by atoms with Gasteiger partial charge in [0.25, 0.3) is 5.91 Å². The van der Waals surface area contributed by atoms with E-state index in [-0.39, 0.29) is 30.9 Å². The van der Waals surface area contributed by atoms with Crippen molar-refractivity contribution in [3.05, 3.63) is 95.6 Å². The van der Waals surface area contributed by atoms with Crippen molar-refractivity contribution < 1.29 is 24.2 Å². The minimum Gasteiger partial charge on any atom is -0.480 e. The van der Waals surface area contributed by atoms with Crippen LogP contribution in [0.5, 0.6) is 0 Å². The summed E-state index contributed by atoms with van der Waals surface area (Å²) < 4.78 is 5.86. The monoisotopic (exact) mass is 567 g/mol. The van der Waals surface area contributed by atoms with Gasteiger partial charge in [-0.15, -0.1) is 0 Å². The van der Waals surface area contributed by atoms with Crippen molar-refractivity contribution in [3.63, 3.8) is 0 Å². The summed E-state index contributed by atoms with van der Waals surface area (Å²) in [6, 6.07) is 25.4. The van der Waals surface area contributed by atoms with Gasteiger partial charge in [-0.2, -0.15) is 0 Å². The first-order chi connectivity index (χ1) is 20.3. The van der Waals surface area contributed by atoms with Crippen LogP contribution >= 0.6 is 0 Å². The van der Waals surface area contributed by atoms with Gasteiger partial charge in [0.2, 0.25) is 0 Å². The van der Waals surface area contributed by atoms with Gasteiger partial charge < -0.3 is 20.1 Å². The van der Waals surface area contributed by atoms with Gasteiger partial charge in [-0.25, -0.2) is 9.59 Å². The highest BCUT2D eigenvalue weighted by Crippen LogP contribution is 2.44. The summed E-state index contributed by atoms with van der Waals surface area (Å²) in [5.41, 5.74) is 4.33. The zero-order chi connectivity index (χ0) is 29.3. The topological polar surface area (TPSA) is 99.2 Å². The fourth-order valence-electron chi connectivity index (χ4n) is 6.93. The van der Waals surface area contributed by atoms with E-state index < -0.39 is 23.6 Å². The number of carbonyl (C=O) groups excluding carboxylic acids is 2. The second kappa shape index (κ2) is 11.6. The molecule has 8 nitrogen and oxygen atoms in total. The second-order valence-corrected chi connectivity index (χ2v) is 12.0.